The summed E-state index contributed by atoms with van der Waals surface area (Å²) in [6.07, 6.45) is 4.89. The molecule has 114 valence electrons. The average Bonchev–Trinajstić information content (AvgIpc) is 2.50. The molecule has 1 aliphatic carbocycles. The minimum absolute atomic E-state index is 0.160. The highest BCUT2D eigenvalue weighted by Gasteiger charge is 2.12. The minimum Gasteiger partial charge on any atom is -0.323 e. The summed E-state index contributed by atoms with van der Waals surface area (Å²) in [6, 6.07) is 10.4. The smallest absolute Gasteiger partial charge is 0.228 e. The summed E-state index contributed by atoms with van der Waals surface area (Å²) in [5, 5.41) is 2.90. The Labute approximate surface area is 134 Å². The molecule has 1 N–H and O–H groups in total. The first kappa shape index (κ1) is 15.0. The number of benzene rings is 2. The highest BCUT2D eigenvalue weighted by Crippen LogP contribution is 2.23. The molecule has 2 nitrogen and oxygen atoms in total. The Bertz CT molecular complexity index is 714. The molecule has 0 fully saturated rings. The lowest BCUT2D eigenvalue weighted by Gasteiger charge is -2.16. The van der Waals surface area contributed by atoms with E-state index in [1.807, 2.05) is 6.07 Å². The summed E-state index contributed by atoms with van der Waals surface area (Å²) in [7, 11) is 0. The van der Waals surface area contributed by atoms with Crippen LogP contribution in [0.1, 0.15) is 29.5 Å². The number of aryl methyl sites for hydroxylation is 2. The third-order valence-corrected chi connectivity index (χ3v) is 4.22. The van der Waals surface area contributed by atoms with Gasteiger partial charge < -0.3 is 5.32 Å². The monoisotopic (exact) mass is 317 g/mol. The number of hydrogen-bond acceptors (Lipinski definition) is 1. The van der Waals surface area contributed by atoms with Crippen LogP contribution in [-0.2, 0) is 24.1 Å². The number of hydrogen-bond donors (Lipinski definition) is 1. The average molecular weight is 318 g/mol. The quantitative estimate of drug-likeness (QED) is 0.884. The Morgan fingerprint density at radius 3 is 2.64 bits per heavy atom. The van der Waals surface area contributed by atoms with Crippen LogP contribution >= 0.6 is 11.6 Å². The van der Waals surface area contributed by atoms with Crippen LogP contribution in [0.25, 0.3) is 0 Å². The zero-order valence-electron chi connectivity index (χ0n) is 12.2. The number of carbonyl (C=O) groups is 1. The van der Waals surface area contributed by atoms with Gasteiger partial charge in [0.1, 0.15) is 5.82 Å². The molecule has 0 saturated carbocycles. The number of fused-ring (bicyclic) bond motifs is 1. The number of carbonyl (C=O) groups excluding carboxylic acids is 1. The standard InChI is InChI=1S/C18H17ClFNO/c19-15-7-8-17(16(20)11-15)21-18(22)10-12-5-6-13-3-1-2-4-14(13)9-12/h5-9,11H,1-4,10H2,(H,21,22). The van der Waals surface area contributed by atoms with Gasteiger partial charge in [-0.25, -0.2) is 4.39 Å². The van der Waals surface area contributed by atoms with E-state index in [0.717, 1.165) is 18.4 Å². The van der Waals surface area contributed by atoms with E-state index < -0.39 is 5.82 Å². The first-order valence-electron chi connectivity index (χ1n) is 7.47. The Hall–Kier alpha value is -1.87. The van der Waals surface area contributed by atoms with Gasteiger partial charge in [0.15, 0.2) is 0 Å². The normalized spacial score (nSPS) is 13.5. The van der Waals surface area contributed by atoms with Crippen LogP contribution in [0, 0.1) is 5.82 Å². The SMILES string of the molecule is O=C(Cc1ccc2c(c1)CCCC2)Nc1ccc(Cl)cc1F. The number of halogens is 2. The van der Waals surface area contributed by atoms with E-state index in [1.165, 1.54) is 36.1 Å². The predicted molar refractivity (Wildman–Crippen MR) is 86.8 cm³/mol. The third kappa shape index (κ3) is 3.47. The van der Waals surface area contributed by atoms with E-state index in [9.17, 15) is 9.18 Å². The first-order valence-corrected chi connectivity index (χ1v) is 7.85. The highest BCUT2D eigenvalue weighted by molar-refractivity contribution is 6.30. The Kier molecular flexibility index (Phi) is 4.44. The van der Waals surface area contributed by atoms with Gasteiger partial charge >= 0.3 is 0 Å². The number of nitrogens with one attached hydrogen (secondary N) is 1. The minimum atomic E-state index is -0.522. The fraction of sp³-hybridized carbons (Fsp3) is 0.278. The summed E-state index contributed by atoms with van der Waals surface area (Å²) in [4.78, 5) is 12.1. The van der Waals surface area contributed by atoms with Gasteiger partial charge in [0, 0.05) is 5.02 Å². The molecule has 1 amide bonds. The van der Waals surface area contributed by atoms with Crippen LogP contribution in [0.5, 0.6) is 0 Å². The fourth-order valence-electron chi connectivity index (χ4n) is 2.87. The lowest BCUT2D eigenvalue weighted by Crippen LogP contribution is -2.16. The van der Waals surface area contributed by atoms with Gasteiger partial charge in [-0.15, -0.1) is 0 Å². The van der Waals surface area contributed by atoms with Crippen molar-refractivity contribution in [3.63, 3.8) is 0 Å². The molecule has 3 rings (SSSR count). The van der Waals surface area contributed by atoms with Gasteiger partial charge in [0.2, 0.25) is 5.91 Å². The Balaban J connectivity index is 1.69. The van der Waals surface area contributed by atoms with Crippen LogP contribution in [0.15, 0.2) is 36.4 Å². The highest BCUT2D eigenvalue weighted by atomic mass is 35.5. The van der Waals surface area contributed by atoms with E-state index in [1.54, 1.807) is 6.07 Å². The van der Waals surface area contributed by atoms with E-state index >= 15 is 0 Å². The van der Waals surface area contributed by atoms with Crippen molar-refractivity contribution in [3.05, 3.63) is 63.9 Å². The molecule has 0 saturated heterocycles. The summed E-state index contributed by atoms with van der Waals surface area (Å²) >= 11 is 5.70. The van der Waals surface area contributed by atoms with Crippen molar-refractivity contribution < 1.29 is 9.18 Å². The molecule has 0 aromatic heterocycles. The van der Waals surface area contributed by atoms with Crippen molar-refractivity contribution >= 4 is 23.2 Å². The van der Waals surface area contributed by atoms with Gasteiger partial charge in [-0.05, 0) is 60.6 Å². The number of amides is 1. The zero-order valence-corrected chi connectivity index (χ0v) is 12.9. The van der Waals surface area contributed by atoms with Gasteiger partial charge in [0.25, 0.3) is 0 Å². The summed E-state index contributed by atoms with van der Waals surface area (Å²) in [5.74, 6) is -0.747. The van der Waals surface area contributed by atoms with Crippen LogP contribution < -0.4 is 5.32 Å². The van der Waals surface area contributed by atoms with Crippen molar-refractivity contribution in [2.45, 2.75) is 32.1 Å². The molecule has 0 bridgehead atoms. The zero-order chi connectivity index (χ0) is 15.5. The lowest BCUT2D eigenvalue weighted by molar-refractivity contribution is -0.115. The molecular formula is C18H17ClFNO. The predicted octanol–water partition coefficient (Wildman–Crippen LogP) is 4.54. The van der Waals surface area contributed by atoms with Crippen molar-refractivity contribution in [2.24, 2.45) is 0 Å². The summed E-state index contributed by atoms with van der Waals surface area (Å²) in [5.41, 5.74) is 3.85. The molecule has 0 aliphatic heterocycles. The molecule has 4 heteroatoms. The fourth-order valence-corrected chi connectivity index (χ4v) is 3.03. The Morgan fingerprint density at radius 2 is 1.86 bits per heavy atom. The second-order valence-electron chi connectivity index (χ2n) is 5.66. The third-order valence-electron chi connectivity index (χ3n) is 3.98. The maximum absolute atomic E-state index is 13.7. The van der Waals surface area contributed by atoms with Gasteiger partial charge in [0.05, 0.1) is 12.1 Å². The van der Waals surface area contributed by atoms with Crippen molar-refractivity contribution in [3.8, 4) is 0 Å². The topological polar surface area (TPSA) is 29.1 Å². The molecule has 0 heterocycles. The molecular weight excluding hydrogens is 301 g/mol. The lowest BCUT2D eigenvalue weighted by atomic mass is 9.90. The molecule has 22 heavy (non-hydrogen) atoms. The summed E-state index contributed by atoms with van der Waals surface area (Å²) in [6.45, 7) is 0. The van der Waals surface area contributed by atoms with E-state index in [4.69, 9.17) is 11.6 Å². The van der Waals surface area contributed by atoms with Crippen LogP contribution in [-0.4, -0.2) is 5.91 Å². The number of rotatable bonds is 3. The number of anilines is 1. The van der Waals surface area contributed by atoms with Gasteiger partial charge in [-0.1, -0.05) is 29.8 Å². The van der Waals surface area contributed by atoms with Crippen molar-refractivity contribution in [1.29, 1.82) is 0 Å². The van der Waals surface area contributed by atoms with Crippen molar-refractivity contribution in [1.82, 2.24) is 0 Å². The molecule has 1 aliphatic rings. The van der Waals surface area contributed by atoms with Crippen LogP contribution in [0.4, 0.5) is 10.1 Å². The molecule has 0 atom stereocenters. The largest absolute Gasteiger partial charge is 0.323 e. The second-order valence-corrected chi connectivity index (χ2v) is 6.10. The summed E-state index contributed by atoms with van der Waals surface area (Å²) < 4.78 is 13.7. The van der Waals surface area contributed by atoms with Crippen LogP contribution in [0.2, 0.25) is 5.02 Å². The molecule has 0 unspecified atom stereocenters. The molecule has 0 radical (unpaired) electrons. The first-order chi connectivity index (χ1) is 10.6. The maximum atomic E-state index is 13.7. The van der Waals surface area contributed by atoms with Gasteiger partial charge in [-0.2, -0.15) is 0 Å². The molecule has 0 spiro atoms. The second kappa shape index (κ2) is 6.49. The van der Waals surface area contributed by atoms with Gasteiger partial charge in [-0.3, -0.25) is 4.79 Å². The van der Waals surface area contributed by atoms with E-state index in [0.29, 0.717) is 5.02 Å². The molecule has 2 aromatic rings. The maximum Gasteiger partial charge on any atom is 0.228 e. The van der Waals surface area contributed by atoms with E-state index in [2.05, 4.69) is 17.4 Å². The van der Waals surface area contributed by atoms with Crippen LogP contribution in [0.3, 0.4) is 0 Å². The van der Waals surface area contributed by atoms with Crippen molar-refractivity contribution in [2.75, 3.05) is 5.32 Å². The Morgan fingerprint density at radius 1 is 1.09 bits per heavy atom. The molecule has 2 aromatic carbocycles. The van der Waals surface area contributed by atoms with E-state index in [-0.39, 0.29) is 18.0 Å².